The van der Waals surface area contributed by atoms with Gasteiger partial charge in [0.05, 0.1) is 6.04 Å². The number of nitrogens with zero attached hydrogens (tertiary/aromatic N) is 3. The summed E-state index contributed by atoms with van der Waals surface area (Å²) in [6.07, 6.45) is 1.76. The number of amides is 1. The molecule has 7 heteroatoms. The highest BCUT2D eigenvalue weighted by Gasteiger charge is 2.18. The summed E-state index contributed by atoms with van der Waals surface area (Å²) >= 11 is 0. The molecule has 3 N–H and O–H groups in total. The molecule has 1 aliphatic heterocycles. The first-order chi connectivity index (χ1) is 12.5. The lowest BCUT2D eigenvalue weighted by molar-refractivity contribution is -0.122. The van der Waals surface area contributed by atoms with E-state index in [1.165, 1.54) is 12.1 Å². The van der Waals surface area contributed by atoms with Crippen LogP contribution < -0.4 is 20.9 Å². The molecule has 1 amide bonds. The number of carbonyl (C=O) groups excluding carboxylic acids is 1. The number of aromatic nitrogens is 1. The van der Waals surface area contributed by atoms with E-state index in [9.17, 15) is 9.18 Å². The fraction of sp³-hybridized carbons (Fsp3) is 0.368. The molecule has 1 atom stereocenters. The van der Waals surface area contributed by atoms with Crippen LogP contribution in [0.2, 0.25) is 0 Å². The number of anilines is 2. The molecule has 0 bridgehead atoms. The second-order valence-corrected chi connectivity index (χ2v) is 6.48. The highest BCUT2D eigenvalue weighted by atomic mass is 19.1. The van der Waals surface area contributed by atoms with Crippen molar-refractivity contribution in [3.05, 3.63) is 54.0 Å². The van der Waals surface area contributed by atoms with Gasteiger partial charge in [0, 0.05) is 44.6 Å². The van der Waals surface area contributed by atoms with Gasteiger partial charge in [-0.1, -0.05) is 0 Å². The van der Waals surface area contributed by atoms with Crippen LogP contribution in [-0.2, 0) is 11.3 Å². The summed E-state index contributed by atoms with van der Waals surface area (Å²) in [6.45, 7) is 5.46. The van der Waals surface area contributed by atoms with E-state index in [1.807, 2.05) is 24.3 Å². The molecule has 2 aromatic rings. The zero-order chi connectivity index (χ0) is 18.5. The van der Waals surface area contributed by atoms with E-state index in [4.69, 9.17) is 5.73 Å². The van der Waals surface area contributed by atoms with Crippen LogP contribution >= 0.6 is 0 Å². The number of benzene rings is 1. The fourth-order valence-corrected chi connectivity index (χ4v) is 2.94. The van der Waals surface area contributed by atoms with Gasteiger partial charge in [-0.2, -0.15) is 0 Å². The molecule has 138 valence electrons. The van der Waals surface area contributed by atoms with Crippen LogP contribution in [0.4, 0.5) is 15.9 Å². The normalized spacial score (nSPS) is 15.7. The van der Waals surface area contributed by atoms with Gasteiger partial charge in [-0.25, -0.2) is 9.37 Å². The van der Waals surface area contributed by atoms with Gasteiger partial charge in [-0.3, -0.25) is 4.79 Å². The van der Waals surface area contributed by atoms with E-state index in [0.29, 0.717) is 6.54 Å². The Kier molecular flexibility index (Phi) is 5.68. The molecule has 1 aliphatic rings. The first-order valence-corrected chi connectivity index (χ1v) is 8.76. The van der Waals surface area contributed by atoms with Crippen LogP contribution in [-0.4, -0.2) is 43.1 Å². The van der Waals surface area contributed by atoms with Crippen molar-refractivity contribution in [2.24, 2.45) is 5.73 Å². The average molecular weight is 357 g/mol. The monoisotopic (exact) mass is 357 g/mol. The summed E-state index contributed by atoms with van der Waals surface area (Å²) < 4.78 is 13.1. The van der Waals surface area contributed by atoms with Gasteiger partial charge in [0.1, 0.15) is 11.6 Å². The molecule has 1 aromatic carbocycles. The predicted molar refractivity (Wildman–Crippen MR) is 101 cm³/mol. The molecular formula is C19H24FN5O. The zero-order valence-electron chi connectivity index (χ0n) is 14.9. The average Bonchev–Trinajstić information content (AvgIpc) is 2.67. The summed E-state index contributed by atoms with van der Waals surface area (Å²) in [6, 6.07) is 9.97. The van der Waals surface area contributed by atoms with Crippen LogP contribution in [0.3, 0.4) is 0 Å². The molecule has 0 radical (unpaired) electrons. The van der Waals surface area contributed by atoms with Crippen molar-refractivity contribution in [1.29, 1.82) is 0 Å². The molecule has 6 nitrogen and oxygen atoms in total. The second-order valence-electron chi connectivity index (χ2n) is 6.48. The maximum atomic E-state index is 13.1. The number of pyridine rings is 1. The standard InChI is InChI=1S/C19H24FN5O/c1-14(21)19(26)23-13-15-6-7-22-18(12-15)25-10-8-24(9-11-25)17-4-2-16(20)3-5-17/h2-7,12,14H,8-11,13,21H2,1H3,(H,23,26). The maximum Gasteiger partial charge on any atom is 0.236 e. The minimum Gasteiger partial charge on any atom is -0.368 e. The number of nitrogens with one attached hydrogen (secondary N) is 1. The third-order valence-electron chi connectivity index (χ3n) is 4.49. The number of halogens is 1. The minimum absolute atomic E-state index is 0.170. The molecule has 1 unspecified atom stereocenters. The van der Waals surface area contributed by atoms with E-state index >= 15 is 0 Å². The van der Waals surface area contributed by atoms with Gasteiger partial charge in [0.25, 0.3) is 0 Å². The maximum absolute atomic E-state index is 13.1. The van der Waals surface area contributed by atoms with Crippen molar-refractivity contribution in [1.82, 2.24) is 10.3 Å². The molecule has 0 saturated carbocycles. The summed E-state index contributed by atoms with van der Waals surface area (Å²) in [5.41, 5.74) is 7.58. The van der Waals surface area contributed by atoms with E-state index in [1.54, 1.807) is 13.1 Å². The van der Waals surface area contributed by atoms with Crippen molar-refractivity contribution in [3.63, 3.8) is 0 Å². The molecule has 1 fully saturated rings. The Morgan fingerprint density at radius 2 is 1.85 bits per heavy atom. The predicted octanol–water partition coefficient (Wildman–Crippen LogP) is 1.51. The van der Waals surface area contributed by atoms with Gasteiger partial charge < -0.3 is 20.9 Å². The molecule has 3 rings (SSSR count). The van der Waals surface area contributed by atoms with Crippen LogP contribution in [0.1, 0.15) is 12.5 Å². The van der Waals surface area contributed by atoms with Crippen molar-refractivity contribution >= 4 is 17.4 Å². The highest BCUT2D eigenvalue weighted by molar-refractivity contribution is 5.80. The van der Waals surface area contributed by atoms with Crippen molar-refractivity contribution in [2.75, 3.05) is 36.0 Å². The van der Waals surface area contributed by atoms with Crippen molar-refractivity contribution < 1.29 is 9.18 Å². The largest absolute Gasteiger partial charge is 0.368 e. The number of piperazine rings is 1. The summed E-state index contributed by atoms with van der Waals surface area (Å²) in [5.74, 6) is 0.511. The summed E-state index contributed by atoms with van der Waals surface area (Å²) in [4.78, 5) is 20.5. The molecule has 0 spiro atoms. The third kappa shape index (κ3) is 4.49. The second kappa shape index (κ2) is 8.14. The van der Waals surface area contributed by atoms with Gasteiger partial charge in [0.15, 0.2) is 0 Å². The quantitative estimate of drug-likeness (QED) is 0.849. The number of carbonyl (C=O) groups is 1. The molecule has 2 heterocycles. The Bertz CT molecular complexity index is 742. The first kappa shape index (κ1) is 18.1. The van der Waals surface area contributed by atoms with Crippen LogP contribution in [0.25, 0.3) is 0 Å². The molecule has 1 saturated heterocycles. The van der Waals surface area contributed by atoms with Crippen molar-refractivity contribution in [2.45, 2.75) is 19.5 Å². The van der Waals surface area contributed by atoms with Gasteiger partial charge in [-0.15, -0.1) is 0 Å². The molecular weight excluding hydrogens is 333 g/mol. The Morgan fingerprint density at radius 3 is 2.50 bits per heavy atom. The van der Waals surface area contributed by atoms with E-state index < -0.39 is 6.04 Å². The van der Waals surface area contributed by atoms with Gasteiger partial charge >= 0.3 is 0 Å². The van der Waals surface area contributed by atoms with E-state index in [2.05, 4.69) is 20.1 Å². The first-order valence-electron chi connectivity index (χ1n) is 8.76. The number of hydrogen-bond donors (Lipinski definition) is 2. The third-order valence-corrected chi connectivity index (χ3v) is 4.49. The number of rotatable bonds is 5. The fourth-order valence-electron chi connectivity index (χ4n) is 2.94. The number of hydrogen-bond acceptors (Lipinski definition) is 5. The lowest BCUT2D eigenvalue weighted by atomic mass is 10.2. The van der Waals surface area contributed by atoms with E-state index in [-0.39, 0.29) is 11.7 Å². The van der Waals surface area contributed by atoms with Crippen LogP contribution in [0.15, 0.2) is 42.6 Å². The molecule has 0 aliphatic carbocycles. The zero-order valence-corrected chi connectivity index (χ0v) is 14.9. The Hall–Kier alpha value is -2.67. The minimum atomic E-state index is -0.518. The van der Waals surface area contributed by atoms with Gasteiger partial charge in [-0.05, 0) is 48.9 Å². The van der Waals surface area contributed by atoms with Crippen molar-refractivity contribution in [3.8, 4) is 0 Å². The smallest absolute Gasteiger partial charge is 0.236 e. The Balaban J connectivity index is 1.58. The summed E-state index contributed by atoms with van der Waals surface area (Å²) in [7, 11) is 0. The van der Waals surface area contributed by atoms with Crippen LogP contribution in [0, 0.1) is 5.82 Å². The highest BCUT2D eigenvalue weighted by Crippen LogP contribution is 2.20. The lowest BCUT2D eigenvalue weighted by Gasteiger charge is -2.36. The molecule has 26 heavy (non-hydrogen) atoms. The Morgan fingerprint density at radius 1 is 1.19 bits per heavy atom. The molecule has 1 aromatic heterocycles. The van der Waals surface area contributed by atoms with Crippen LogP contribution in [0.5, 0.6) is 0 Å². The lowest BCUT2D eigenvalue weighted by Crippen LogP contribution is -2.46. The number of nitrogens with two attached hydrogens (primary N) is 1. The van der Waals surface area contributed by atoms with E-state index in [0.717, 1.165) is 43.2 Å². The SMILES string of the molecule is CC(N)C(=O)NCc1ccnc(N2CCN(c3ccc(F)cc3)CC2)c1. The van der Waals surface area contributed by atoms with Gasteiger partial charge in [0.2, 0.25) is 5.91 Å². The Labute approximate surface area is 152 Å². The summed E-state index contributed by atoms with van der Waals surface area (Å²) in [5, 5.41) is 2.81. The topological polar surface area (TPSA) is 74.5 Å².